The van der Waals surface area contributed by atoms with Crippen LogP contribution < -0.4 is 0 Å². The molecule has 1 N–H and O–H groups in total. The molecule has 1 atom stereocenters. The summed E-state index contributed by atoms with van der Waals surface area (Å²) < 4.78 is 22.5. The highest BCUT2D eigenvalue weighted by Gasteiger charge is 2.26. The van der Waals surface area contributed by atoms with E-state index >= 15 is 0 Å². The number of benzene rings is 1. The van der Waals surface area contributed by atoms with Crippen molar-refractivity contribution in [3.63, 3.8) is 0 Å². The zero-order chi connectivity index (χ0) is 14.0. The number of hydrogen-bond acceptors (Lipinski definition) is 6. The summed E-state index contributed by atoms with van der Waals surface area (Å²) >= 11 is 0. The van der Waals surface area contributed by atoms with Crippen molar-refractivity contribution >= 4 is 21.7 Å². The van der Waals surface area contributed by atoms with Crippen molar-refractivity contribution in [2.24, 2.45) is 4.99 Å². The lowest BCUT2D eigenvalue weighted by Gasteiger charge is -2.01. The second-order valence-corrected chi connectivity index (χ2v) is 6.56. The molecule has 0 unspecified atom stereocenters. The molecule has 0 amide bonds. The fourth-order valence-electron chi connectivity index (χ4n) is 1.84. The zero-order valence-corrected chi connectivity index (χ0v) is 10.7. The molecule has 0 aliphatic carbocycles. The van der Waals surface area contributed by atoms with Crippen molar-refractivity contribution in [2.45, 2.75) is 12.5 Å². The Bertz CT molecular complexity index is 638. The number of aromatic hydroxyl groups is 1. The first kappa shape index (κ1) is 13.5. The fraction of sp³-hybridized carbons (Fsp3) is 0.364. The van der Waals surface area contributed by atoms with E-state index in [0.717, 1.165) is 0 Å². The number of aliphatic imine (C=N–C) groups is 1. The van der Waals surface area contributed by atoms with Gasteiger partial charge < -0.3 is 5.11 Å². The van der Waals surface area contributed by atoms with Gasteiger partial charge in [-0.2, -0.15) is 0 Å². The normalized spacial score (nSPS) is 21.8. The lowest BCUT2D eigenvalue weighted by atomic mass is 10.2. The van der Waals surface area contributed by atoms with E-state index < -0.39 is 14.8 Å². The maximum atomic E-state index is 11.3. The van der Waals surface area contributed by atoms with E-state index in [1.165, 1.54) is 24.4 Å². The maximum absolute atomic E-state index is 11.3. The smallest absolute Gasteiger partial charge is 0.270 e. The molecule has 0 radical (unpaired) electrons. The Morgan fingerprint density at radius 2 is 2.21 bits per heavy atom. The van der Waals surface area contributed by atoms with Gasteiger partial charge in [-0.3, -0.25) is 15.1 Å². The standard InChI is InChI=1S/C11H12N2O5S/c14-11-2-1-10(13(15)16)5-8(11)6-12-9-3-4-19(17,18)7-9/h1-2,5-6,9,14H,3-4,7H2/t9-/m1/s1. The Hall–Kier alpha value is -1.96. The van der Waals surface area contributed by atoms with Crippen LogP contribution in [-0.4, -0.2) is 42.2 Å². The third kappa shape index (κ3) is 3.28. The number of nitro benzene ring substituents is 1. The summed E-state index contributed by atoms with van der Waals surface area (Å²) in [6.07, 6.45) is 1.72. The van der Waals surface area contributed by atoms with E-state index in [2.05, 4.69) is 4.99 Å². The van der Waals surface area contributed by atoms with Gasteiger partial charge in [0.25, 0.3) is 5.69 Å². The molecule has 2 rings (SSSR count). The number of phenolic OH excluding ortho intramolecular Hbond substituents is 1. The summed E-state index contributed by atoms with van der Waals surface area (Å²) in [5.74, 6) is -0.0371. The average molecular weight is 284 g/mol. The first-order chi connectivity index (χ1) is 8.87. The Morgan fingerprint density at radius 3 is 2.79 bits per heavy atom. The zero-order valence-electron chi connectivity index (χ0n) is 9.89. The Kier molecular flexibility index (Phi) is 3.52. The minimum Gasteiger partial charge on any atom is -0.507 e. The summed E-state index contributed by atoms with van der Waals surface area (Å²) in [4.78, 5) is 14.1. The molecule has 1 aliphatic heterocycles. The third-order valence-corrected chi connectivity index (χ3v) is 4.61. The van der Waals surface area contributed by atoms with Gasteiger partial charge in [0, 0.05) is 23.9 Å². The number of hydrogen-bond donors (Lipinski definition) is 1. The first-order valence-corrected chi connectivity index (χ1v) is 7.40. The summed E-state index contributed by atoms with van der Waals surface area (Å²) in [7, 11) is -3.02. The quantitative estimate of drug-likeness (QED) is 0.504. The third-order valence-electron chi connectivity index (χ3n) is 2.85. The molecule has 102 valence electrons. The molecule has 19 heavy (non-hydrogen) atoms. The minimum absolute atomic E-state index is 0.0147. The van der Waals surface area contributed by atoms with Crippen molar-refractivity contribution in [1.29, 1.82) is 0 Å². The Labute approximate surface area is 109 Å². The molecule has 1 heterocycles. The molecule has 1 aromatic rings. The van der Waals surface area contributed by atoms with Gasteiger partial charge >= 0.3 is 0 Å². The van der Waals surface area contributed by atoms with E-state index in [-0.39, 0.29) is 34.5 Å². The first-order valence-electron chi connectivity index (χ1n) is 5.58. The van der Waals surface area contributed by atoms with E-state index in [9.17, 15) is 23.6 Å². The summed E-state index contributed by atoms with van der Waals surface area (Å²) in [6.45, 7) is 0. The number of rotatable bonds is 3. The second kappa shape index (κ2) is 4.96. The summed E-state index contributed by atoms with van der Waals surface area (Å²) in [5.41, 5.74) is 0.0526. The molecule has 0 aromatic heterocycles. The SMILES string of the molecule is O=[N+]([O-])c1ccc(O)c(C=N[C@@H]2CCS(=O)(=O)C2)c1. The number of nitro groups is 1. The van der Waals surface area contributed by atoms with Gasteiger partial charge in [0.15, 0.2) is 9.84 Å². The number of sulfone groups is 1. The lowest BCUT2D eigenvalue weighted by molar-refractivity contribution is -0.384. The molecule has 0 saturated carbocycles. The minimum atomic E-state index is -3.02. The van der Waals surface area contributed by atoms with Crippen molar-refractivity contribution in [1.82, 2.24) is 0 Å². The van der Waals surface area contributed by atoms with Gasteiger partial charge in [-0.05, 0) is 12.5 Å². The summed E-state index contributed by atoms with van der Waals surface area (Å²) in [6, 6.07) is 3.25. The number of phenols is 1. The molecule has 0 spiro atoms. The van der Waals surface area contributed by atoms with E-state index in [4.69, 9.17) is 0 Å². The molecule has 1 fully saturated rings. The highest BCUT2D eigenvalue weighted by Crippen LogP contribution is 2.22. The van der Waals surface area contributed by atoms with Crippen LogP contribution in [-0.2, 0) is 9.84 Å². The van der Waals surface area contributed by atoms with Crippen LogP contribution in [0.1, 0.15) is 12.0 Å². The van der Waals surface area contributed by atoms with Crippen LogP contribution in [0.5, 0.6) is 5.75 Å². The van der Waals surface area contributed by atoms with Crippen LogP contribution in [0, 0.1) is 10.1 Å². The molecule has 8 heteroatoms. The van der Waals surface area contributed by atoms with Crippen LogP contribution >= 0.6 is 0 Å². The van der Waals surface area contributed by atoms with Gasteiger partial charge in [0.2, 0.25) is 0 Å². The molecule has 1 saturated heterocycles. The van der Waals surface area contributed by atoms with Crippen molar-refractivity contribution in [3.8, 4) is 5.75 Å². The maximum Gasteiger partial charge on any atom is 0.270 e. The molecular formula is C11H12N2O5S. The molecule has 1 aliphatic rings. The van der Waals surface area contributed by atoms with Crippen LogP contribution in [0.15, 0.2) is 23.2 Å². The van der Waals surface area contributed by atoms with Gasteiger partial charge in [0.1, 0.15) is 5.75 Å². The van der Waals surface area contributed by atoms with Gasteiger partial charge in [-0.1, -0.05) is 0 Å². The van der Waals surface area contributed by atoms with E-state index in [0.29, 0.717) is 6.42 Å². The van der Waals surface area contributed by atoms with Gasteiger partial charge in [-0.25, -0.2) is 8.42 Å². The van der Waals surface area contributed by atoms with Crippen molar-refractivity contribution < 1.29 is 18.4 Å². The van der Waals surface area contributed by atoms with Crippen LogP contribution in [0.25, 0.3) is 0 Å². The van der Waals surface area contributed by atoms with Crippen molar-refractivity contribution in [3.05, 3.63) is 33.9 Å². The topological polar surface area (TPSA) is 110 Å². The molecule has 0 bridgehead atoms. The Morgan fingerprint density at radius 1 is 1.47 bits per heavy atom. The molecule has 1 aromatic carbocycles. The van der Waals surface area contributed by atoms with Crippen LogP contribution in [0.3, 0.4) is 0 Å². The second-order valence-electron chi connectivity index (χ2n) is 4.34. The monoisotopic (exact) mass is 284 g/mol. The highest BCUT2D eigenvalue weighted by atomic mass is 32.2. The average Bonchev–Trinajstić information content (AvgIpc) is 2.67. The van der Waals surface area contributed by atoms with Crippen molar-refractivity contribution in [2.75, 3.05) is 11.5 Å². The van der Waals surface area contributed by atoms with Gasteiger partial charge in [0.05, 0.1) is 22.5 Å². The predicted octanol–water partition coefficient (Wildman–Crippen LogP) is 0.906. The lowest BCUT2D eigenvalue weighted by Crippen LogP contribution is -2.07. The van der Waals surface area contributed by atoms with E-state index in [1.807, 2.05) is 0 Å². The van der Waals surface area contributed by atoms with E-state index in [1.54, 1.807) is 0 Å². The summed E-state index contributed by atoms with van der Waals surface area (Å²) in [5, 5.41) is 20.2. The molecule has 7 nitrogen and oxygen atoms in total. The molecular weight excluding hydrogens is 272 g/mol. The van der Waals surface area contributed by atoms with Crippen LogP contribution in [0.4, 0.5) is 5.69 Å². The number of non-ortho nitro benzene ring substituents is 1. The van der Waals surface area contributed by atoms with Gasteiger partial charge in [-0.15, -0.1) is 0 Å². The predicted molar refractivity (Wildman–Crippen MR) is 69.4 cm³/mol. The highest BCUT2D eigenvalue weighted by molar-refractivity contribution is 7.91. The Balaban J connectivity index is 2.19. The fourth-order valence-corrected chi connectivity index (χ4v) is 3.47. The largest absolute Gasteiger partial charge is 0.507 e. The van der Waals surface area contributed by atoms with Crippen LogP contribution in [0.2, 0.25) is 0 Å². The number of nitrogens with zero attached hydrogens (tertiary/aromatic N) is 2.